The number of hydrogen-bond acceptors (Lipinski definition) is 6. The van der Waals surface area contributed by atoms with Crippen molar-refractivity contribution in [3.05, 3.63) is 48.0 Å². The molecule has 2 atom stereocenters. The third kappa shape index (κ3) is 3.52. The lowest BCUT2D eigenvalue weighted by atomic mass is 10.1. The highest BCUT2D eigenvalue weighted by molar-refractivity contribution is 5.93. The van der Waals surface area contributed by atoms with E-state index in [4.69, 9.17) is 15.6 Å². The first-order chi connectivity index (χ1) is 15.2. The quantitative estimate of drug-likeness (QED) is 0.497. The Kier molecular flexibility index (Phi) is 5.06. The highest BCUT2D eigenvalue weighted by Crippen LogP contribution is 2.29. The Labute approximate surface area is 180 Å². The lowest BCUT2D eigenvalue weighted by molar-refractivity contribution is 0.172. The molecule has 1 saturated heterocycles. The Morgan fingerprint density at radius 1 is 1.23 bits per heavy atom. The summed E-state index contributed by atoms with van der Waals surface area (Å²) in [7, 11) is 1.72. The van der Waals surface area contributed by atoms with Gasteiger partial charge < -0.3 is 20.4 Å². The van der Waals surface area contributed by atoms with E-state index in [1.807, 2.05) is 29.2 Å². The number of anilines is 1. The maximum atomic E-state index is 6.22. The van der Waals surface area contributed by atoms with Crippen molar-refractivity contribution in [2.24, 2.45) is 0 Å². The van der Waals surface area contributed by atoms with Gasteiger partial charge in [0.25, 0.3) is 0 Å². The molecule has 0 unspecified atom stereocenters. The van der Waals surface area contributed by atoms with Crippen molar-refractivity contribution >= 4 is 27.8 Å². The van der Waals surface area contributed by atoms with E-state index in [2.05, 4.69) is 44.7 Å². The van der Waals surface area contributed by atoms with E-state index in [9.17, 15) is 0 Å². The number of rotatable bonds is 4. The van der Waals surface area contributed by atoms with Crippen LogP contribution in [0.25, 0.3) is 21.9 Å². The van der Waals surface area contributed by atoms with Crippen molar-refractivity contribution in [2.45, 2.75) is 32.0 Å². The molecule has 31 heavy (non-hydrogen) atoms. The van der Waals surface area contributed by atoms with E-state index in [1.54, 1.807) is 13.3 Å². The molecule has 8 nitrogen and oxygen atoms in total. The number of pyridine rings is 1. The minimum absolute atomic E-state index is 0.217. The number of imidazole rings is 1. The maximum absolute atomic E-state index is 6.22. The number of nitrogen functional groups attached to an aromatic ring is 1. The number of nitrogens with one attached hydrogen (secondary N) is 1. The van der Waals surface area contributed by atoms with Crippen molar-refractivity contribution in [1.29, 1.82) is 0 Å². The van der Waals surface area contributed by atoms with Crippen LogP contribution in [0.5, 0.6) is 0 Å². The molecule has 1 aliphatic heterocycles. The van der Waals surface area contributed by atoms with Crippen LogP contribution in [-0.2, 0) is 11.3 Å². The Bertz CT molecular complexity index is 1310. The number of hydrogen-bond donors (Lipinski definition) is 2. The smallest absolute Gasteiger partial charge is 0.147 e. The Morgan fingerprint density at radius 2 is 2.13 bits per heavy atom. The van der Waals surface area contributed by atoms with Crippen LogP contribution in [0.3, 0.4) is 0 Å². The first-order valence-corrected chi connectivity index (χ1v) is 10.5. The number of benzene rings is 1. The largest absolute Gasteiger partial charge is 0.383 e. The summed E-state index contributed by atoms with van der Waals surface area (Å²) >= 11 is 0. The highest BCUT2D eigenvalue weighted by Gasteiger charge is 2.28. The molecule has 1 fully saturated rings. The van der Waals surface area contributed by atoms with Crippen molar-refractivity contribution in [3.63, 3.8) is 0 Å². The molecule has 4 heterocycles. The summed E-state index contributed by atoms with van der Waals surface area (Å²) in [6, 6.07) is 8.57. The molecule has 1 aromatic carbocycles. The molecule has 0 spiro atoms. The summed E-state index contributed by atoms with van der Waals surface area (Å²) in [5.41, 5.74) is 10.8. The van der Waals surface area contributed by atoms with Crippen LogP contribution >= 0.6 is 0 Å². The standard InChI is InChI=1S/C23H25N7O/c1-3-29-14-27-19-10-15(5-7-20(19)29)4-6-18-22-21(8-9-25-23(22)24)30(28-18)17-11-16(13-31-2)26-12-17/h5,7-10,14,16-17,26H,3,11-13H2,1-2H3,(H2,24,25)/t16-,17+/m1/s1. The van der Waals surface area contributed by atoms with Crippen LogP contribution in [0.1, 0.15) is 30.6 Å². The van der Waals surface area contributed by atoms with Crippen LogP contribution in [0, 0.1) is 11.8 Å². The lowest BCUT2D eigenvalue weighted by Crippen LogP contribution is -2.25. The fraction of sp³-hybridized carbons (Fsp3) is 0.348. The zero-order chi connectivity index (χ0) is 21.4. The van der Waals surface area contributed by atoms with Gasteiger partial charge in [-0.3, -0.25) is 4.68 Å². The molecule has 1 aliphatic rings. The van der Waals surface area contributed by atoms with Crippen molar-refractivity contribution < 1.29 is 4.74 Å². The zero-order valence-corrected chi connectivity index (χ0v) is 17.7. The van der Waals surface area contributed by atoms with E-state index >= 15 is 0 Å². The van der Waals surface area contributed by atoms with E-state index in [-0.39, 0.29) is 6.04 Å². The van der Waals surface area contributed by atoms with Gasteiger partial charge in [-0.1, -0.05) is 5.92 Å². The average molecular weight is 416 g/mol. The van der Waals surface area contributed by atoms with E-state index in [1.165, 1.54) is 0 Å². The predicted molar refractivity (Wildman–Crippen MR) is 121 cm³/mol. The molecule has 3 N–H and O–H groups in total. The molecule has 0 radical (unpaired) electrons. The predicted octanol–water partition coefficient (Wildman–Crippen LogP) is 2.33. The first-order valence-electron chi connectivity index (χ1n) is 10.5. The SMILES string of the molecule is CCn1cnc2cc(C#Cc3nn([C@@H]4CN[C@@H](COC)C4)c4ccnc(N)c34)ccc21. The number of methoxy groups -OCH3 is 1. The Hall–Kier alpha value is -3.41. The normalized spacial score (nSPS) is 18.5. The number of nitrogens with zero attached hydrogens (tertiary/aromatic N) is 5. The summed E-state index contributed by atoms with van der Waals surface area (Å²) < 4.78 is 9.44. The van der Waals surface area contributed by atoms with Gasteiger partial charge in [-0.15, -0.1) is 0 Å². The van der Waals surface area contributed by atoms with Gasteiger partial charge in [0.1, 0.15) is 11.5 Å². The fourth-order valence-electron chi connectivity index (χ4n) is 4.32. The van der Waals surface area contributed by atoms with Crippen LogP contribution in [-0.4, -0.2) is 50.6 Å². The van der Waals surface area contributed by atoms with Gasteiger partial charge >= 0.3 is 0 Å². The van der Waals surface area contributed by atoms with Crippen LogP contribution in [0.4, 0.5) is 5.82 Å². The molecular formula is C23H25N7O. The second kappa shape index (κ2) is 8.02. The minimum Gasteiger partial charge on any atom is -0.383 e. The number of ether oxygens (including phenoxy) is 1. The molecule has 0 bridgehead atoms. The molecule has 8 heteroatoms. The van der Waals surface area contributed by atoms with Crippen LogP contribution in [0.2, 0.25) is 0 Å². The van der Waals surface area contributed by atoms with E-state index in [0.29, 0.717) is 24.2 Å². The van der Waals surface area contributed by atoms with Gasteiger partial charge in [-0.05, 0) is 43.5 Å². The summed E-state index contributed by atoms with van der Waals surface area (Å²) in [6.45, 7) is 4.50. The second-order valence-electron chi connectivity index (χ2n) is 7.82. The van der Waals surface area contributed by atoms with Gasteiger partial charge in [0.2, 0.25) is 0 Å². The van der Waals surface area contributed by atoms with Crippen molar-refractivity contribution in [2.75, 3.05) is 26.0 Å². The third-order valence-corrected chi connectivity index (χ3v) is 5.85. The lowest BCUT2D eigenvalue weighted by Gasteiger charge is -2.11. The molecule has 0 saturated carbocycles. The van der Waals surface area contributed by atoms with Crippen molar-refractivity contribution in [1.82, 2.24) is 29.6 Å². The average Bonchev–Trinajstić information content (AvgIpc) is 3.49. The maximum Gasteiger partial charge on any atom is 0.147 e. The number of fused-ring (bicyclic) bond motifs is 2. The summed E-state index contributed by atoms with van der Waals surface area (Å²) in [5, 5.41) is 9.15. The van der Waals surface area contributed by atoms with Gasteiger partial charge in [0.15, 0.2) is 0 Å². The summed E-state index contributed by atoms with van der Waals surface area (Å²) in [5.74, 6) is 6.92. The van der Waals surface area contributed by atoms with Gasteiger partial charge in [-0.2, -0.15) is 5.10 Å². The summed E-state index contributed by atoms with van der Waals surface area (Å²) in [6.07, 6.45) is 4.52. The minimum atomic E-state index is 0.217. The van der Waals surface area contributed by atoms with Crippen LogP contribution in [0.15, 0.2) is 36.8 Å². The van der Waals surface area contributed by atoms with Gasteiger partial charge in [0, 0.05) is 38.0 Å². The molecule has 4 aromatic rings. The summed E-state index contributed by atoms with van der Waals surface area (Å²) in [4.78, 5) is 8.74. The molecule has 158 valence electrons. The van der Waals surface area contributed by atoms with Gasteiger partial charge in [-0.25, -0.2) is 9.97 Å². The first kappa shape index (κ1) is 19.5. The molecule has 0 amide bonds. The second-order valence-corrected chi connectivity index (χ2v) is 7.82. The Morgan fingerprint density at radius 3 is 2.97 bits per heavy atom. The number of aromatic nitrogens is 5. The third-order valence-electron chi connectivity index (χ3n) is 5.85. The number of nitrogens with two attached hydrogens (primary N) is 1. The van der Waals surface area contributed by atoms with Crippen LogP contribution < -0.4 is 11.1 Å². The molecule has 0 aliphatic carbocycles. The molecule has 3 aromatic heterocycles. The zero-order valence-electron chi connectivity index (χ0n) is 17.7. The molecular weight excluding hydrogens is 390 g/mol. The Balaban J connectivity index is 1.53. The van der Waals surface area contributed by atoms with E-state index < -0.39 is 0 Å². The van der Waals surface area contributed by atoms with E-state index in [0.717, 1.165) is 47.0 Å². The fourth-order valence-corrected chi connectivity index (χ4v) is 4.32. The molecule has 5 rings (SSSR count). The van der Waals surface area contributed by atoms with Gasteiger partial charge in [0.05, 0.1) is 40.9 Å². The number of aryl methyl sites for hydroxylation is 1. The van der Waals surface area contributed by atoms with Crippen molar-refractivity contribution in [3.8, 4) is 11.8 Å². The highest BCUT2D eigenvalue weighted by atomic mass is 16.5. The topological polar surface area (TPSA) is 95.8 Å². The monoisotopic (exact) mass is 415 g/mol.